The van der Waals surface area contributed by atoms with E-state index in [4.69, 9.17) is 9.47 Å². The van der Waals surface area contributed by atoms with Gasteiger partial charge in [-0.05, 0) is 65.9 Å². The van der Waals surface area contributed by atoms with E-state index in [2.05, 4.69) is 10.6 Å². The van der Waals surface area contributed by atoms with Gasteiger partial charge >= 0.3 is 18.4 Å². The molecule has 0 radical (unpaired) electrons. The normalized spacial score (nSPS) is 21.9. The lowest BCUT2D eigenvalue weighted by Gasteiger charge is -2.33. The Kier molecular flexibility index (Phi) is 7.85. The van der Waals surface area contributed by atoms with E-state index in [1.165, 1.54) is 25.3 Å². The highest BCUT2D eigenvalue weighted by molar-refractivity contribution is 6.07. The number of aliphatic hydroxyl groups is 1. The van der Waals surface area contributed by atoms with E-state index < -0.39 is 47.0 Å². The van der Waals surface area contributed by atoms with Gasteiger partial charge in [0.05, 0.1) is 19.2 Å². The number of carbonyl (C=O) groups is 2. The van der Waals surface area contributed by atoms with Crippen LogP contribution in [0.5, 0.6) is 11.5 Å². The molecule has 2 aromatic rings. The molecule has 14 heteroatoms. The highest BCUT2D eigenvalue weighted by Crippen LogP contribution is 2.50. The van der Waals surface area contributed by atoms with Gasteiger partial charge in [0.25, 0.3) is 11.5 Å². The Bertz CT molecular complexity index is 1520. The molecule has 1 fully saturated rings. The fraction of sp³-hybridized carbons (Fsp3) is 0.400. The molecule has 44 heavy (non-hydrogen) atoms. The van der Waals surface area contributed by atoms with Crippen molar-refractivity contribution in [2.24, 2.45) is 0 Å². The second kappa shape index (κ2) is 11.1. The van der Waals surface area contributed by atoms with Gasteiger partial charge in [-0.25, -0.2) is 4.79 Å². The molecule has 1 saturated heterocycles. The fourth-order valence-corrected chi connectivity index (χ4v) is 5.60. The van der Waals surface area contributed by atoms with Crippen LogP contribution in [0, 0.1) is 0 Å². The summed E-state index contributed by atoms with van der Waals surface area (Å²) in [6.07, 6.45) is -6.57. The van der Waals surface area contributed by atoms with Crippen LogP contribution in [0.1, 0.15) is 42.5 Å². The number of nitrogens with one attached hydrogen (secondary N) is 2. The summed E-state index contributed by atoms with van der Waals surface area (Å²) < 4.78 is 91.7. The van der Waals surface area contributed by atoms with Crippen LogP contribution in [0.2, 0.25) is 0 Å². The maximum atomic E-state index is 13.7. The molecule has 0 spiro atoms. The number of fused-ring (bicyclic) bond motifs is 1. The van der Waals surface area contributed by atoms with Gasteiger partial charge in [0.15, 0.2) is 0 Å². The first-order chi connectivity index (χ1) is 20.6. The molecule has 5 rings (SSSR count). The molecule has 0 aliphatic carbocycles. The van der Waals surface area contributed by atoms with Crippen molar-refractivity contribution in [3.05, 3.63) is 82.8 Å². The van der Waals surface area contributed by atoms with Gasteiger partial charge in [-0.2, -0.15) is 26.3 Å². The first kappa shape index (κ1) is 31.2. The predicted octanol–water partition coefficient (Wildman–Crippen LogP) is 5.10. The Morgan fingerprint density at radius 3 is 2.45 bits per heavy atom. The van der Waals surface area contributed by atoms with Crippen LogP contribution in [0.4, 0.5) is 31.1 Å². The second-order valence-electron chi connectivity index (χ2n) is 10.7. The third kappa shape index (κ3) is 5.14. The minimum atomic E-state index is -6.02. The number of imide groups is 1. The molecule has 2 unspecified atom stereocenters. The third-order valence-corrected chi connectivity index (χ3v) is 8.10. The van der Waals surface area contributed by atoms with Gasteiger partial charge in [-0.1, -0.05) is 26.0 Å². The number of nitrogens with zero attached hydrogens (tertiary/aromatic N) is 1. The zero-order valence-corrected chi connectivity index (χ0v) is 23.6. The van der Waals surface area contributed by atoms with Gasteiger partial charge < -0.3 is 25.2 Å². The average Bonchev–Trinajstić information content (AvgIpc) is 3.54. The zero-order chi connectivity index (χ0) is 32.1. The summed E-state index contributed by atoms with van der Waals surface area (Å²) in [4.78, 5) is 27.8. The molecule has 0 bridgehead atoms. The number of aryl methyl sites for hydroxylation is 1. The van der Waals surface area contributed by atoms with Crippen LogP contribution in [0.3, 0.4) is 0 Å². The maximum absolute atomic E-state index is 13.7. The summed E-state index contributed by atoms with van der Waals surface area (Å²) in [6.45, 7) is 3.74. The van der Waals surface area contributed by atoms with Gasteiger partial charge in [0.2, 0.25) is 0 Å². The zero-order valence-electron chi connectivity index (χ0n) is 23.6. The third-order valence-electron chi connectivity index (χ3n) is 8.10. The Balaban J connectivity index is 1.35. The molecular formula is C30H29F6N3O5. The summed E-state index contributed by atoms with van der Waals surface area (Å²) in [5.74, 6) is 0.439. The summed E-state index contributed by atoms with van der Waals surface area (Å²) in [5.41, 5.74) is -6.15. The molecule has 0 saturated carbocycles. The van der Waals surface area contributed by atoms with Crippen molar-refractivity contribution in [1.82, 2.24) is 15.5 Å². The van der Waals surface area contributed by atoms with Gasteiger partial charge in [-0.15, -0.1) is 0 Å². The van der Waals surface area contributed by atoms with Crippen LogP contribution in [0.25, 0.3) is 0 Å². The van der Waals surface area contributed by atoms with Crippen LogP contribution in [-0.4, -0.2) is 53.5 Å². The number of rotatable bonds is 8. The number of ether oxygens (including phenoxy) is 2. The number of dihydropyridines is 1. The topological polar surface area (TPSA) is 100 Å². The van der Waals surface area contributed by atoms with Crippen LogP contribution >= 0.6 is 0 Å². The van der Waals surface area contributed by atoms with E-state index in [9.17, 15) is 41.0 Å². The lowest BCUT2D eigenvalue weighted by Crippen LogP contribution is -2.53. The van der Waals surface area contributed by atoms with Crippen molar-refractivity contribution in [2.75, 3.05) is 13.2 Å². The van der Waals surface area contributed by atoms with Crippen molar-refractivity contribution in [3.63, 3.8) is 0 Å². The van der Waals surface area contributed by atoms with Crippen molar-refractivity contribution in [1.29, 1.82) is 0 Å². The lowest BCUT2D eigenvalue weighted by atomic mass is 9.86. The molecule has 3 aliphatic heterocycles. The molecule has 2 aromatic carbocycles. The van der Waals surface area contributed by atoms with E-state index in [1.807, 2.05) is 6.07 Å². The highest BCUT2D eigenvalue weighted by atomic mass is 19.4. The van der Waals surface area contributed by atoms with Crippen LogP contribution < -0.4 is 20.1 Å². The molecule has 236 valence electrons. The molecule has 3 amide bonds. The number of hydrogen-bond acceptors (Lipinski definition) is 6. The Hall–Kier alpha value is -4.20. The minimum absolute atomic E-state index is 0.00991. The van der Waals surface area contributed by atoms with Crippen LogP contribution in [0.15, 0.2) is 60.5 Å². The molecule has 3 aliphatic rings. The Morgan fingerprint density at radius 1 is 1.07 bits per heavy atom. The van der Waals surface area contributed by atoms with Gasteiger partial charge in [0, 0.05) is 18.2 Å². The van der Waals surface area contributed by atoms with E-state index in [0.29, 0.717) is 37.1 Å². The first-order valence-corrected chi connectivity index (χ1v) is 13.9. The van der Waals surface area contributed by atoms with Crippen molar-refractivity contribution in [3.8, 4) is 11.5 Å². The largest absolute Gasteiger partial charge is 0.493 e. The minimum Gasteiger partial charge on any atom is -0.493 e. The molecular weight excluding hydrogens is 596 g/mol. The molecule has 3 heterocycles. The van der Waals surface area contributed by atoms with E-state index in [0.717, 1.165) is 22.3 Å². The van der Waals surface area contributed by atoms with Crippen molar-refractivity contribution >= 4 is 11.9 Å². The maximum Gasteiger partial charge on any atom is 0.430 e. The number of urea groups is 1. The molecule has 0 aromatic heterocycles. The predicted molar refractivity (Wildman–Crippen MR) is 144 cm³/mol. The van der Waals surface area contributed by atoms with E-state index in [1.54, 1.807) is 19.1 Å². The number of alkyl halides is 6. The molecule has 3 N–H and O–H groups in total. The van der Waals surface area contributed by atoms with Gasteiger partial charge in [0.1, 0.15) is 22.8 Å². The number of allylic oxidation sites excluding steroid dienone is 1. The van der Waals surface area contributed by atoms with Crippen LogP contribution in [-0.2, 0) is 28.8 Å². The standard InChI is InChI=1S/C30H29F6N3O5/c1-3-17-13-20(28(42,29(31,32)33)30(34,35)36)6-8-24(17)44-22-9-11-37-21(15-22)16-39-25(40)27(4-2,38-26(39)41)19-5-7-23-18(14-19)10-12-43-23/h5-9,11,13-15,21,37,42H,3-4,10,12,16H2,1-2H3,(H,38,41). The SMILES string of the molecule is CCc1cc(C(O)(C(F)(F)F)C(F)(F)F)ccc1OC1=CC(CN2C(=O)NC(CC)(c3ccc4c(c3)CCO4)C2=O)NC=C1. The molecule has 8 nitrogen and oxygen atoms in total. The molecule has 2 atom stereocenters. The summed E-state index contributed by atoms with van der Waals surface area (Å²) in [6, 6.07) is 6.23. The summed E-state index contributed by atoms with van der Waals surface area (Å²) in [7, 11) is 0. The highest BCUT2D eigenvalue weighted by Gasteiger charge is 2.71. The van der Waals surface area contributed by atoms with Gasteiger partial charge in [-0.3, -0.25) is 9.69 Å². The van der Waals surface area contributed by atoms with Crippen molar-refractivity contribution < 1.29 is 50.5 Å². The smallest absolute Gasteiger partial charge is 0.430 e. The fourth-order valence-electron chi connectivity index (χ4n) is 5.60. The van der Waals surface area contributed by atoms with Crippen molar-refractivity contribution in [2.45, 2.75) is 62.6 Å². The summed E-state index contributed by atoms with van der Waals surface area (Å²) in [5, 5.41) is 15.6. The Morgan fingerprint density at radius 2 is 1.80 bits per heavy atom. The first-order valence-electron chi connectivity index (χ1n) is 13.9. The van der Waals surface area contributed by atoms with E-state index in [-0.39, 0.29) is 30.0 Å². The number of carbonyl (C=O) groups excluding carboxylic acids is 2. The number of halogens is 6. The monoisotopic (exact) mass is 625 g/mol. The quantitative estimate of drug-likeness (QED) is 0.279. The number of benzene rings is 2. The summed E-state index contributed by atoms with van der Waals surface area (Å²) >= 11 is 0. The van der Waals surface area contributed by atoms with E-state index >= 15 is 0 Å². The second-order valence-corrected chi connectivity index (χ2v) is 10.7. The number of amides is 3. The number of hydrogen-bond donors (Lipinski definition) is 3. The lowest BCUT2D eigenvalue weighted by molar-refractivity contribution is -0.376. The Labute approximate surface area is 248 Å². The average molecular weight is 626 g/mol.